The minimum Gasteiger partial charge on any atom is -0.393 e. The van der Waals surface area contributed by atoms with Crippen molar-refractivity contribution in [2.45, 2.75) is 24.3 Å². The normalized spacial score (nSPS) is 12.8. The van der Waals surface area contributed by atoms with Gasteiger partial charge in [-0.2, -0.15) is 0 Å². The summed E-state index contributed by atoms with van der Waals surface area (Å²) >= 11 is 7.64. The Morgan fingerprint density at radius 1 is 1.46 bits per heavy atom. The van der Waals surface area contributed by atoms with Crippen LogP contribution in [-0.2, 0) is 0 Å². The Morgan fingerprint density at radius 3 is 2.77 bits per heavy atom. The second kappa shape index (κ2) is 5.53. The van der Waals surface area contributed by atoms with Crippen LogP contribution in [0.3, 0.4) is 0 Å². The number of aliphatic hydroxyl groups excluding tert-OH is 1. The van der Waals surface area contributed by atoms with Gasteiger partial charge in [0.2, 0.25) is 0 Å². The summed E-state index contributed by atoms with van der Waals surface area (Å²) in [4.78, 5) is 1.09. The van der Waals surface area contributed by atoms with Crippen LogP contribution in [0.4, 0.5) is 0 Å². The van der Waals surface area contributed by atoms with E-state index in [9.17, 15) is 0 Å². The molecule has 0 radical (unpaired) electrons. The molecule has 0 saturated carbocycles. The van der Waals surface area contributed by atoms with Crippen molar-refractivity contribution < 1.29 is 5.11 Å². The average molecular weight is 217 g/mol. The van der Waals surface area contributed by atoms with Crippen molar-refractivity contribution in [3.63, 3.8) is 0 Å². The minimum absolute atomic E-state index is 0.227. The maximum atomic E-state index is 9.05. The smallest absolute Gasteiger partial charge is 0.0541 e. The zero-order valence-electron chi connectivity index (χ0n) is 7.53. The molecular weight excluding hydrogens is 204 g/mol. The highest BCUT2D eigenvalue weighted by molar-refractivity contribution is 7.99. The fraction of sp³-hybridized carbons (Fsp3) is 0.400. The summed E-state index contributed by atoms with van der Waals surface area (Å²) in [5.74, 6) is 0.904. The number of hydrogen-bond acceptors (Lipinski definition) is 2. The number of benzene rings is 1. The molecule has 3 heteroatoms. The van der Waals surface area contributed by atoms with E-state index in [-0.39, 0.29) is 6.10 Å². The third-order valence-corrected chi connectivity index (χ3v) is 3.18. The predicted octanol–water partition coefficient (Wildman–Crippen LogP) is 3.20. The van der Waals surface area contributed by atoms with Gasteiger partial charge in [-0.15, -0.1) is 11.8 Å². The SMILES string of the molecule is C[C@H](O)CCSc1ccccc1Cl. The molecule has 0 fully saturated rings. The van der Waals surface area contributed by atoms with E-state index >= 15 is 0 Å². The van der Waals surface area contributed by atoms with Crippen LogP contribution in [0.5, 0.6) is 0 Å². The molecule has 0 aliphatic heterocycles. The molecule has 1 rings (SSSR count). The Balaban J connectivity index is 2.41. The molecule has 72 valence electrons. The van der Waals surface area contributed by atoms with Gasteiger partial charge >= 0.3 is 0 Å². The van der Waals surface area contributed by atoms with Crippen LogP contribution >= 0.6 is 23.4 Å². The summed E-state index contributed by atoms with van der Waals surface area (Å²) in [6, 6.07) is 7.76. The lowest BCUT2D eigenvalue weighted by Gasteiger charge is -2.04. The highest BCUT2D eigenvalue weighted by Crippen LogP contribution is 2.27. The van der Waals surface area contributed by atoms with Gasteiger partial charge in [0.1, 0.15) is 0 Å². The van der Waals surface area contributed by atoms with E-state index in [0.717, 1.165) is 22.1 Å². The van der Waals surface area contributed by atoms with Crippen molar-refractivity contribution in [1.82, 2.24) is 0 Å². The molecule has 13 heavy (non-hydrogen) atoms. The first-order valence-corrected chi connectivity index (χ1v) is 5.62. The van der Waals surface area contributed by atoms with Crippen LogP contribution in [0.15, 0.2) is 29.2 Å². The Hall–Kier alpha value is -0.180. The molecule has 1 nitrogen and oxygen atoms in total. The van der Waals surface area contributed by atoms with Crippen LogP contribution in [0, 0.1) is 0 Å². The molecule has 0 saturated heterocycles. The van der Waals surface area contributed by atoms with Crippen LogP contribution in [0.25, 0.3) is 0 Å². The van der Waals surface area contributed by atoms with Gasteiger partial charge in [0.15, 0.2) is 0 Å². The van der Waals surface area contributed by atoms with Gasteiger partial charge in [-0.05, 0) is 25.5 Å². The Bertz CT molecular complexity index is 263. The first kappa shape index (κ1) is 10.9. The maximum absolute atomic E-state index is 9.05. The van der Waals surface area contributed by atoms with E-state index in [1.54, 1.807) is 18.7 Å². The molecule has 1 aromatic carbocycles. The molecule has 0 aliphatic rings. The first-order valence-electron chi connectivity index (χ1n) is 4.25. The molecule has 0 unspecified atom stereocenters. The summed E-state index contributed by atoms with van der Waals surface area (Å²) in [6.07, 6.45) is 0.575. The van der Waals surface area contributed by atoms with Crippen LogP contribution in [0.2, 0.25) is 5.02 Å². The van der Waals surface area contributed by atoms with Crippen molar-refractivity contribution in [3.8, 4) is 0 Å². The molecule has 0 aliphatic carbocycles. The molecule has 0 bridgehead atoms. The standard InChI is InChI=1S/C10H13ClOS/c1-8(12)6-7-13-10-5-3-2-4-9(10)11/h2-5,8,12H,6-7H2,1H3/t8-/m0/s1. The summed E-state index contributed by atoms with van der Waals surface area (Å²) in [6.45, 7) is 1.80. The maximum Gasteiger partial charge on any atom is 0.0541 e. The number of aliphatic hydroxyl groups is 1. The van der Waals surface area contributed by atoms with Crippen molar-refractivity contribution in [1.29, 1.82) is 0 Å². The van der Waals surface area contributed by atoms with E-state index in [4.69, 9.17) is 16.7 Å². The van der Waals surface area contributed by atoms with E-state index in [2.05, 4.69) is 0 Å². The number of thioether (sulfide) groups is 1. The van der Waals surface area contributed by atoms with Crippen molar-refractivity contribution in [2.24, 2.45) is 0 Å². The lowest BCUT2D eigenvalue weighted by atomic mass is 10.3. The third-order valence-electron chi connectivity index (χ3n) is 1.63. The molecule has 1 atom stereocenters. The van der Waals surface area contributed by atoms with Gasteiger partial charge in [0, 0.05) is 10.6 Å². The van der Waals surface area contributed by atoms with Crippen molar-refractivity contribution in [3.05, 3.63) is 29.3 Å². The Labute approximate surface area is 88.1 Å². The van der Waals surface area contributed by atoms with E-state index in [1.165, 1.54) is 0 Å². The van der Waals surface area contributed by atoms with Crippen LogP contribution < -0.4 is 0 Å². The molecule has 1 aromatic rings. The van der Waals surface area contributed by atoms with Gasteiger partial charge in [0.25, 0.3) is 0 Å². The second-order valence-electron chi connectivity index (χ2n) is 2.92. The molecular formula is C10H13ClOS. The summed E-state index contributed by atoms with van der Waals surface area (Å²) in [5.41, 5.74) is 0. The first-order chi connectivity index (χ1) is 6.20. The monoisotopic (exact) mass is 216 g/mol. The lowest BCUT2D eigenvalue weighted by molar-refractivity contribution is 0.192. The van der Waals surface area contributed by atoms with E-state index < -0.39 is 0 Å². The number of hydrogen-bond donors (Lipinski definition) is 1. The molecule has 0 aromatic heterocycles. The van der Waals surface area contributed by atoms with Gasteiger partial charge in [-0.3, -0.25) is 0 Å². The average Bonchev–Trinajstić information content (AvgIpc) is 2.08. The second-order valence-corrected chi connectivity index (χ2v) is 4.46. The minimum atomic E-state index is -0.227. The third kappa shape index (κ3) is 4.03. The van der Waals surface area contributed by atoms with E-state index in [1.807, 2.05) is 24.3 Å². The van der Waals surface area contributed by atoms with Crippen molar-refractivity contribution in [2.75, 3.05) is 5.75 Å². The Morgan fingerprint density at radius 2 is 2.15 bits per heavy atom. The summed E-state index contributed by atoms with van der Waals surface area (Å²) < 4.78 is 0. The number of rotatable bonds is 4. The highest BCUT2D eigenvalue weighted by Gasteiger charge is 2.00. The van der Waals surface area contributed by atoms with Gasteiger partial charge < -0.3 is 5.11 Å². The van der Waals surface area contributed by atoms with Gasteiger partial charge in [-0.25, -0.2) is 0 Å². The topological polar surface area (TPSA) is 20.2 Å². The fourth-order valence-corrected chi connectivity index (χ4v) is 2.26. The van der Waals surface area contributed by atoms with Gasteiger partial charge in [0.05, 0.1) is 11.1 Å². The zero-order valence-corrected chi connectivity index (χ0v) is 9.11. The zero-order chi connectivity index (χ0) is 9.68. The van der Waals surface area contributed by atoms with Crippen molar-refractivity contribution >= 4 is 23.4 Å². The van der Waals surface area contributed by atoms with Crippen LogP contribution in [0.1, 0.15) is 13.3 Å². The molecule has 1 N–H and O–H groups in total. The summed E-state index contributed by atoms with van der Waals surface area (Å²) in [5, 5.41) is 9.84. The fourth-order valence-electron chi connectivity index (χ4n) is 0.901. The summed E-state index contributed by atoms with van der Waals surface area (Å²) in [7, 11) is 0. The van der Waals surface area contributed by atoms with Crippen LogP contribution in [-0.4, -0.2) is 17.0 Å². The molecule has 0 heterocycles. The quantitative estimate of drug-likeness (QED) is 0.781. The highest BCUT2D eigenvalue weighted by atomic mass is 35.5. The van der Waals surface area contributed by atoms with E-state index in [0.29, 0.717) is 0 Å². The Kier molecular flexibility index (Phi) is 4.64. The lowest BCUT2D eigenvalue weighted by Crippen LogP contribution is -2.00. The molecule has 0 amide bonds. The predicted molar refractivity (Wildman–Crippen MR) is 58.5 cm³/mol. The largest absolute Gasteiger partial charge is 0.393 e. The molecule has 0 spiro atoms. The van der Waals surface area contributed by atoms with Gasteiger partial charge in [-0.1, -0.05) is 23.7 Å². The number of halogens is 1.